The Bertz CT molecular complexity index is 1070. The van der Waals surface area contributed by atoms with E-state index in [2.05, 4.69) is 11.6 Å². The van der Waals surface area contributed by atoms with Crippen molar-refractivity contribution in [1.29, 1.82) is 5.26 Å². The van der Waals surface area contributed by atoms with Gasteiger partial charge in [-0.3, -0.25) is 4.79 Å². The zero-order valence-electron chi connectivity index (χ0n) is 16.8. The molecule has 19 heteroatoms. The van der Waals surface area contributed by atoms with Gasteiger partial charge in [0.05, 0.1) is 5.56 Å². The van der Waals surface area contributed by atoms with E-state index < -0.39 is 57.4 Å². The maximum Gasteiger partial charge on any atom is 0.393 e. The predicted molar refractivity (Wildman–Crippen MR) is 94.8 cm³/mol. The van der Waals surface area contributed by atoms with Crippen LogP contribution in [-0.4, -0.2) is 46.8 Å². The van der Waals surface area contributed by atoms with Gasteiger partial charge in [-0.1, -0.05) is 0 Å². The van der Waals surface area contributed by atoms with Crippen LogP contribution in [0.5, 0.6) is 0 Å². The van der Waals surface area contributed by atoms with Crippen molar-refractivity contribution >= 4 is 33.8 Å². The highest BCUT2D eigenvalue weighted by Gasteiger charge is 2.93. The topological polar surface area (TPSA) is 52.9 Å². The van der Waals surface area contributed by atoms with Gasteiger partial charge >= 0.3 is 46.8 Å². The van der Waals surface area contributed by atoms with Gasteiger partial charge in [0.2, 0.25) is 0 Å². The number of fused-ring (bicyclic) bond motifs is 1. The summed E-state index contributed by atoms with van der Waals surface area (Å²) in [5, 5.41) is 2.46. The second-order valence-electron chi connectivity index (χ2n) is 7.43. The molecule has 204 valence electrons. The molecule has 0 saturated carbocycles. The van der Waals surface area contributed by atoms with Crippen LogP contribution >= 0.6 is 22.9 Å². The number of nitrogens with one attached hydrogen (secondary N) is 1. The first-order valence-electron chi connectivity index (χ1n) is 9.13. The van der Waals surface area contributed by atoms with Gasteiger partial charge in [-0.25, -0.2) is 0 Å². The molecule has 0 spiro atoms. The van der Waals surface area contributed by atoms with Gasteiger partial charge < -0.3 is 5.32 Å². The van der Waals surface area contributed by atoms with Crippen LogP contribution in [0, 0.1) is 11.3 Å². The Morgan fingerprint density at radius 2 is 1.22 bits per heavy atom. The number of alkyl halides is 15. The molecule has 3 nitrogen and oxygen atoms in total. The highest BCUT2D eigenvalue weighted by Crippen LogP contribution is 2.62. The zero-order valence-corrected chi connectivity index (χ0v) is 18.3. The average molecular weight is 591 g/mol. The summed E-state index contributed by atoms with van der Waals surface area (Å²) < 4.78 is 189. The van der Waals surface area contributed by atoms with E-state index >= 15 is 0 Å². The van der Waals surface area contributed by atoms with E-state index in [1.54, 1.807) is 0 Å². The minimum Gasteiger partial charge on any atom is -0.311 e. The Labute approximate surface area is 200 Å². The summed E-state index contributed by atoms with van der Waals surface area (Å²) in [7, 11) is 0. The van der Waals surface area contributed by atoms with Crippen molar-refractivity contribution in [3.05, 3.63) is 16.0 Å². The number of nitriles is 1. The normalized spacial score (nSPS) is 16.4. The van der Waals surface area contributed by atoms with Gasteiger partial charge in [-0.15, -0.1) is 11.3 Å². The van der Waals surface area contributed by atoms with Crippen molar-refractivity contribution in [2.45, 2.75) is 66.6 Å². The van der Waals surface area contributed by atoms with Crippen molar-refractivity contribution in [3.63, 3.8) is 0 Å². The quantitative estimate of drug-likeness (QED) is 0.260. The van der Waals surface area contributed by atoms with Gasteiger partial charge in [0.25, 0.3) is 0 Å². The van der Waals surface area contributed by atoms with Gasteiger partial charge in [0.15, 0.2) is 0 Å². The zero-order chi connectivity index (χ0) is 28.3. The molecule has 0 atom stereocenters. The Morgan fingerprint density at radius 1 is 0.778 bits per heavy atom. The first kappa shape index (κ1) is 30.2. The molecule has 36 heavy (non-hydrogen) atoms. The summed E-state index contributed by atoms with van der Waals surface area (Å²) in [4.78, 5) is 12.1. The Kier molecular flexibility index (Phi) is 7.36. The molecule has 1 heterocycles. The number of hydrogen-bond donors (Lipinski definition) is 1. The lowest BCUT2D eigenvalue weighted by atomic mass is 9.91. The number of aryl methyl sites for hydroxylation is 1. The largest absolute Gasteiger partial charge is 0.393 e. The van der Waals surface area contributed by atoms with Gasteiger partial charge in [-0.05, 0) is 42.8 Å². The van der Waals surface area contributed by atoms with Crippen LogP contribution in [0.1, 0.15) is 28.8 Å². The number of amides is 1. The number of carbonyl (C=O) groups excluding carboxylic acids is 1. The van der Waals surface area contributed by atoms with E-state index in [-0.39, 0.29) is 18.4 Å². The molecule has 1 aliphatic rings. The Morgan fingerprint density at radius 3 is 1.69 bits per heavy atom. The molecular weight excluding hydrogens is 582 g/mol. The lowest BCUT2D eigenvalue weighted by Crippen LogP contribution is -2.73. The number of halogens is 15. The lowest BCUT2D eigenvalue weighted by Gasteiger charge is -2.41. The summed E-state index contributed by atoms with van der Waals surface area (Å²) in [5.41, 5.74) is -0.352. The van der Waals surface area contributed by atoms with Crippen molar-refractivity contribution in [2.75, 3.05) is 5.32 Å². The molecule has 0 aliphatic heterocycles. The second-order valence-corrected chi connectivity index (χ2v) is 9.00. The number of anilines is 1. The standard InChI is InChI=1S/C17H9ClF14N2OS/c18-17(31,32)16(29,30)15(27,28)14(25,26)13(23,24)12(21,22)11(19,20)10(35)34-9-7(5-33)6-3-1-2-4-8(6)36-9/h1-4H2,(H,34,35). The maximum atomic E-state index is 14.1. The van der Waals surface area contributed by atoms with E-state index in [4.69, 9.17) is 5.26 Å². The SMILES string of the molecule is N#Cc1c(NC(=O)C(F)(F)C(F)(F)C(F)(F)C(F)(F)C(F)(F)C(F)(F)C(F)(F)Cl)sc2c1CCCC2. The molecule has 1 aromatic heterocycles. The summed E-state index contributed by atoms with van der Waals surface area (Å²) >= 11 is 3.89. The first-order valence-corrected chi connectivity index (χ1v) is 10.3. The fraction of sp³-hybridized carbons (Fsp3) is 0.647. The monoisotopic (exact) mass is 590 g/mol. The third kappa shape index (κ3) is 4.05. The molecule has 1 amide bonds. The Hall–Kier alpha value is -2.03. The van der Waals surface area contributed by atoms with E-state index in [9.17, 15) is 66.3 Å². The van der Waals surface area contributed by atoms with Crippen LogP contribution in [0.2, 0.25) is 0 Å². The van der Waals surface area contributed by atoms with Gasteiger partial charge in [0.1, 0.15) is 11.1 Å². The van der Waals surface area contributed by atoms with Crippen molar-refractivity contribution in [3.8, 4) is 6.07 Å². The molecule has 2 rings (SSSR count). The molecule has 1 N–H and O–H groups in total. The highest BCUT2D eigenvalue weighted by molar-refractivity contribution is 7.16. The molecule has 1 aromatic rings. The average Bonchev–Trinajstić information content (AvgIpc) is 3.08. The van der Waals surface area contributed by atoms with Crippen molar-refractivity contribution in [2.24, 2.45) is 0 Å². The lowest BCUT2D eigenvalue weighted by molar-refractivity contribution is -0.431. The van der Waals surface area contributed by atoms with E-state index in [1.807, 2.05) is 0 Å². The summed E-state index contributed by atoms with van der Waals surface area (Å²) in [6.45, 7) is 0. The molecule has 0 aromatic carbocycles. The van der Waals surface area contributed by atoms with Crippen LogP contribution in [-0.2, 0) is 17.6 Å². The summed E-state index contributed by atoms with van der Waals surface area (Å²) in [6.07, 6.45) is 1.38. The fourth-order valence-electron chi connectivity index (χ4n) is 3.06. The maximum absolute atomic E-state index is 14.1. The van der Waals surface area contributed by atoms with Crippen LogP contribution in [0.4, 0.5) is 66.5 Å². The molecule has 0 unspecified atom stereocenters. The third-order valence-electron chi connectivity index (χ3n) is 5.12. The van der Waals surface area contributed by atoms with Crippen LogP contribution in [0.15, 0.2) is 0 Å². The minimum atomic E-state index is -8.32. The van der Waals surface area contributed by atoms with E-state index in [0.29, 0.717) is 29.1 Å². The van der Waals surface area contributed by atoms with Crippen molar-refractivity contribution in [1.82, 2.24) is 0 Å². The number of hydrogen-bond acceptors (Lipinski definition) is 3. The summed E-state index contributed by atoms with van der Waals surface area (Å²) in [5.74, 6) is -50.8. The molecule has 0 fully saturated rings. The van der Waals surface area contributed by atoms with Gasteiger partial charge in [-0.2, -0.15) is 66.7 Å². The van der Waals surface area contributed by atoms with Crippen LogP contribution < -0.4 is 5.32 Å². The Balaban J connectivity index is 2.51. The second kappa shape index (κ2) is 8.77. The molecule has 1 aliphatic carbocycles. The predicted octanol–water partition coefficient (Wildman–Crippen LogP) is 7.08. The first-order chi connectivity index (χ1) is 15.9. The van der Waals surface area contributed by atoms with Crippen molar-refractivity contribution < 1.29 is 66.3 Å². The van der Waals surface area contributed by atoms with Crippen LogP contribution in [0.25, 0.3) is 0 Å². The van der Waals surface area contributed by atoms with E-state index in [1.165, 1.54) is 6.07 Å². The highest BCUT2D eigenvalue weighted by atomic mass is 35.5. The molecule has 0 saturated heterocycles. The smallest absolute Gasteiger partial charge is 0.311 e. The number of thiophene rings is 1. The third-order valence-corrected chi connectivity index (χ3v) is 6.57. The van der Waals surface area contributed by atoms with Gasteiger partial charge in [0, 0.05) is 4.88 Å². The molecular formula is C17H9ClF14N2OS. The number of carbonyl (C=O) groups is 1. The number of nitrogens with zero attached hydrogens (tertiary/aromatic N) is 1. The van der Waals surface area contributed by atoms with E-state index in [0.717, 1.165) is 5.32 Å². The molecule has 0 radical (unpaired) electrons. The minimum absolute atomic E-state index is 0.163. The summed E-state index contributed by atoms with van der Waals surface area (Å²) in [6, 6.07) is 1.43. The fourth-order valence-corrected chi connectivity index (χ4v) is 4.42. The molecule has 0 bridgehead atoms. The van der Waals surface area contributed by atoms with Crippen LogP contribution in [0.3, 0.4) is 0 Å². The number of rotatable bonds is 8.